The fourth-order valence-electron chi connectivity index (χ4n) is 3.71. The van der Waals surface area contributed by atoms with Crippen LogP contribution in [0.2, 0.25) is 0 Å². The number of hydrogen-bond acceptors (Lipinski definition) is 4. The maximum Gasteiger partial charge on any atom is 0.305 e. The average Bonchev–Trinajstić information content (AvgIpc) is 3.09. The van der Waals surface area contributed by atoms with Crippen LogP contribution in [0.5, 0.6) is 0 Å². The Kier molecular flexibility index (Phi) is 7.08. The Morgan fingerprint density at radius 2 is 1.72 bits per heavy atom. The summed E-state index contributed by atoms with van der Waals surface area (Å²) in [5.74, 6) is -0.679. The summed E-state index contributed by atoms with van der Waals surface area (Å²) in [4.78, 5) is 26.1. The molecule has 6 nitrogen and oxygen atoms in total. The minimum Gasteiger partial charge on any atom is -0.469 e. The number of aryl methyl sites for hydroxylation is 1. The Morgan fingerprint density at radius 3 is 2.31 bits per heavy atom. The molecule has 0 spiro atoms. The number of benzene rings is 2. The highest BCUT2D eigenvalue weighted by atomic mass is 19.1. The molecule has 2 aromatic carbocycles. The van der Waals surface area contributed by atoms with Crippen molar-refractivity contribution >= 4 is 11.9 Å². The number of rotatable bonds is 7. The van der Waals surface area contributed by atoms with Crippen molar-refractivity contribution in [3.8, 4) is 5.69 Å². The van der Waals surface area contributed by atoms with Gasteiger partial charge in [0.2, 0.25) is 0 Å². The zero-order valence-corrected chi connectivity index (χ0v) is 19.1. The lowest BCUT2D eigenvalue weighted by Gasteiger charge is -2.25. The predicted octanol–water partition coefficient (Wildman–Crippen LogP) is 4.57. The summed E-state index contributed by atoms with van der Waals surface area (Å²) >= 11 is 0. The van der Waals surface area contributed by atoms with Gasteiger partial charge in [-0.2, -0.15) is 5.10 Å². The van der Waals surface area contributed by atoms with Gasteiger partial charge in [-0.1, -0.05) is 12.1 Å². The lowest BCUT2D eigenvalue weighted by atomic mass is 10.1. The van der Waals surface area contributed by atoms with Crippen LogP contribution in [0.15, 0.2) is 48.5 Å². The summed E-state index contributed by atoms with van der Waals surface area (Å²) in [6.07, 6.45) is 0.864. The molecule has 0 fully saturated rings. The van der Waals surface area contributed by atoms with E-state index in [2.05, 4.69) is 5.10 Å². The second-order valence-corrected chi connectivity index (χ2v) is 7.83. The highest BCUT2D eigenvalue weighted by Crippen LogP contribution is 2.23. The van der Waals surface area contributed by atoms with Crippen LogP contribution in [0, 0.1) is 19.7 Å². The number of carbonyl (C=O) groups excluding carboxylic acids is 2. The van der Waals surface area contributed by atoms with Gasteiger partial charge in [-0.05, 0) is 74.7 Å². The van der Waals surface area contributed by atoms with Crippen LogP contribution in [0.1, 0.15) is 52.3 Å². The number of amides is 1. The third-order valence-corrected chi connectivity index (χ3v) is 5.86. The number of methoxy groups -OCH3 is 1. The molecular formula is C25H28FN3O3. The maximum absolute atomic E-state index is 13.2. The molecule has 7 heteroatoms. The summed E-state index contributed by atoms with van der Waals surface area (Å²) < 4.78 is 19.7. The quantitative estimate of drug-likeness (QED) is 0.508. The van der Waals surface area contributed by atoms with Gasteiger partial charge in [0.15, 0.2) is 0 Å². The maximum atomic E-state index is 13.2. The first-order valence-corrected chi connectivity index (χ1v) is 10.5. The highest BCUT2D eigenvalue weighted by Gasteiger charge is 2.20. The standard InChI is InChI=1S/C25H28FN3O3/c1-16-23(14-15-24(30)32-5)18(3)29(27-16)22-12-8-20(9-13-22)25(31)28(4)17(2)19-6-10-21(26)11-7-19/h6-13,17H,14-15H2,1-5H3. The van der Waals surface area contributed by atoms with Crippen molar-refractivity contribution in [1.29, 1.82) is 0 Å². The van der Waals surface area contributed by atoms with Crippen molar-refractivity contribution < 1.29 is 18.7 Å². The van der Waals surface area contributed by atoms with Crippen molar-refractivity contribution in [2.24, 2.45) is 0 Å². The van der Waals surface area contributed by atoms with E-state index in [1.807, 2.05) is 37.6 Å². The number of hydrogen-bond donors (Lipinski definition) is 0. The van der Waals surface area contributed by atoms with Crippen molar-refractivity contribution in [2.75, 3.05) is 14.2 Å². The van der Waals surface area contributed by atoms with E-state index in [1.54, 1.807) is 36.2 Å². The number of esters is 1. The van der Waals surface area contributed by atoms with Crippen LogP contribution in [0.3, 0.4) is 0 Å². The topological polar surface area (TPSA) is 64.4 Å². The molecule has 3 aromatic rings. The largest absolute Gasteiger partial charge is 0.469 e. The van der Waals surface area contributed by atoms with E-state index in [0.717, 1.165) is 28.2 Å². The molecule has 1 amide bonds. The third kappa shape index (κ3) is 4.88. The minimum atomic E-state index is -0.303. The van der Waals surface area contributed by atoms with E-state index in [0.29, 0.717) is 18.4 Å². The fourth-order valence-corrected chi connectivity index (χ4v) is 3.71. The van der Waals surface area contributed by atoms with Crippen molar-refractivity contribution in [2.45, 2.75) is 39.7 Å². The molecule has 168 valence electrons. The Bertz CT molecular complexity index is 1100. The van der Waals surface area contributed by atoms with Gasteiger partial charge in [0.1, 0.15) is 5.82 Å². The second kappa shape index (κ2) is 9.77. The summed E-state index contributed by atoms with van der Waals surface area (Å²) in [5.41, 5.74) is 5.08. The molecule has 0 aliphatic heterocycles. The fraction of sp³-hybridized carbons (Fsp3) is 0.320. The lowest BCUT2D eigenvalue weighted by molar-refractivity contribution is -0.140. The van der Waals surface area contributed by atoms with Gasteiger partial charge in [-0.15, -0.1) is 0 Å². The molecule has 1 atom stereocenters. The van der Waals surface area contributed by atoms with Crippen molar-refractivity contribution in [3.63, 3.8) is 0 Å². The van der Waals surface area contributed by atoms with Gasteiger partial charge >= 0.3 is 5.97 Å². The molecule has 0 saturated heterocycles. The first-order valence-electron chi connectivity index (χ1n) is 10.5. The summed E-state index contributed by atoms with van der Waals surface area (Å²) in [7, 11) is 3.12. The highest BCUT2D eigenvalue weighted by molar-refractivity contribution is 5.94. The van der Waals surface area contributed by atoms with E-state index in [4.69, 9.17) is 4.74 Å². The molecule has 32 heavy (non-hydrogen) atoms. The molecule has 0 bridgehead atoms. The zero-order valence-electron chi connectivity index (χ0n) is 19.1. The van der Waals surface area contributed by atoms with E-state index in [9.17, 15) is 14.0 Å². The number of ether oxygens (including phenoxy) is 1. The van der Waals surface area contributed by atoms with E-state index < -0.39 is 0 Å². The molecule has 1 aromatic heterocycles. The van der Waals surface area contributed by atoms with Gasteiger partial charge in [-0.3, -0.25) is 9.59 Å². The number of aromatic nitrogens is 2. The van der Waals surface area contributed by atoms with Crippen molar-refractivity contribution in [1.82, 2.24) is 14.7 Å². The third-order valence-electron chi connectivity index (χ3n) is 5.86. The van der Waals surface area contributed by atoms with Crippen LogP contribution in [0.4, 0.5) is 4.39 Å². The Labute approximate surface area is 187 Å². The Hall–Kier alpha value is -3.48. The van der Waals surface area contributed by atoms with Crippen LogP contribution in [-0.4, -0.2) is 40.7 Å². The van der Waals surface area contributed by atoms with Gasteiger partial charge in [0.05, 0.1) is 24.5 Å². The summed E-state index contributed by atoms with van der Waals surface area (Å²) in [5, 5.41) is 4.61. The average molecular weight is 438 g/mol. The van der Waals surface area contributed by atoms with Crippen LogP contribution >= 0.6 is 0 Å². The van der Waals surface area contributed by atoms with E-state index in [-0.39, 0.29) is 23.7 Å². The molecule has 1 heterocycles. The van der Waals surface area contributed by atoms with Crippen molar-refractivity contribution in [3.05, 3.63) is 82.4 Å². The van der Waals surface area contributed by atoms with Crippen LogP contribution in [-0.2, 0) is 16.0 Å². The molecule has 3 rings (SSSR count). The zero-order chi connectivity index (χ0) is 23.4. The van der Waals surface area contributed by atoms with E-state index in [1.165, 1.54) is 19.2 Å². The molecule has 0 aliphatic rings. The SMILES string of the molecule is COC(=O)CCc1c(C)nn(-c2ccc(C(=O)N(C)C(C)c3ccc(F)cc3)cc2)c1C. The molecular weight excluding hydrogens is 409 g/mol. The van der Waals surface area contributed by atoms with Gasteiger partial charge in [0.25, 0.3) is 5.91 Å². The molecule has 1 unspecified atom stereocenters. The first-order chi connectivity index (χ1) is 15.2. The Balaban J connectivity index is 1.76. The lowest BCUT2D eigenvalue weighted by Crippen LogP contribution is -2.29. The normalized spacial score (nSPS) is 11.8. The molecule has 0 radical (unpaired) electrons. The molecule has 0 aliphatic carbocycles. The van der Waals surface area contributed by atoms with Crippen LogP contribution < -0.4 is 0 Å². The minimum absolute atomic E-state index is 0.125. The first kappa shape index (κ1) is 23.2. The van der Waals surface area contributed by atoms with Gasteiger partial charge in [0, 0.05) is 24.7 Å². The number of halogens is 1. The molecule has 0 N–H and O–H groups in total. The number of carbonyl (C=O) groups is 2. The second-order valence-electron chi connectivity index (χ2n) is 7.83. The summed E-state index contributed by atoms with van der Waals surface area (Å²) in [6.45, 7) is 5.79. The van der Waals surface area contributed by atoms with Gasteiger partial charge < -0.3 is 9.64 Å². The number of nitrogens with zero attached hydrogens (tertiary/aromatic N) is 3. The smallest absolute Gasteiger partial charge is 0.305 e. The van der Waals surface area contributed by atoms with E-state index >= 15 is 0 Å². The Morgan fingerprint density at radius 1 is 1.09 bits per heavy atom. The summed E-state index contributed by atoms with van der Waals surface area (Å²) in [6, 6.07) is 13.2. The van der Waals surface area contributed by atoms with Crippen LogP contribution in [0.25, 0.3) is 5.69 Å². The predicted molar refractivity (Wildman–Crippen MR) is 120 cm³/mol. The van der Waals surface area contributed by atoms with Gasteiger partial charge in [-0.25, -0.2) is 9.07 Å². The molecule has 0 saturated carbocycles. The monoisotopic (exact) mass is 437 g/mol.